The lowest BCUT2D eigenvalue weighted by Crippen LogP contribution is -2.08. The van der Waals surface area contributed by atoms with Gasteiger partial charge in [0.25, 0.3) is 0 Å². The Morgan fingerprint density at radius 3 is 2.20 bits per heavy atom. The maximum absolute atomic E-state index is 7.56. The van der Waals surface area contributed by atoms with E-state index >= 15 is 0 Å². The van der Waals surface area contributed by atoms with Crippen LogP contribution in [0.1, 0.15) is 33.6 Å². The molecular weight excluding hydrogens is 122 g/mol. The Kier molecular flexibility index (Phi) is 4.91. The topological polar surface area (TPSA) is 23.9 Å². The summed E-state index contributed by atoms with van der Waals surface area (Å²) in [6, 6.07) is 0. The molecule has 0 amide bonds. The van der Waals surface area contributed by atoms with Crippen molar-refractivity contribution in [3.05, 3.63) is 12.2 Å². The number of hydrogen-bond acceptors (Lipinski definition) is 1. The summed E-state index contributed by atoms with van der Waals surface area (Å²) in [6.45, 7) is 6.22. The third-order valence-electron chi connectivity index (χ3n) is 1.77. The highest BCUT2D eigenvalue weighted by molar-refractivity contribution is 5.94. The molecule has 58 valence electrons. The number of rotatable bonds is 4. The second-order valence-corrected chi connectivity index (χ2v) is 2.47. The van der Waals surface area contributed by atoms with E-state index in [2.05, 4.69) is 13.8 Å². The fourth-order valence-corrected chi connectivity index (χ4v) is 1.04. The van der Waals surface area contributed by atoms with E-state index in [4.69, 9.17) is 5.41 Å². The van der Waals surface area contributed by atoms with E-state index in [0.29, 0.717) is 5.92 Å². The third-order valence-corrected chi connectivity index (χ3v) is 1.77. The second-order valence-electron chi connectivity index (χ2n) is 2.47. The Balaban J connectivity index is 3.89. The molecule has 1 heteroatoms. The van der Waals surface area contributed by atoms with Crippen LogP contribution >= 0.6 is 0 Å². The average molecular weight is 139 g/mol. The van der Waals surface area contributed by atoms with E-state index < -0.39 is 0 Å². The average Bonchev–Trinajstić information content (AvgIpc) is 1.91. The van der Waals surface area contributed by atoms with Gasteiger partial charge in [-0.15, -0.1) is 0 Å². The van der Waals surface area contributed by atoms with Crippen LogP contribution in [0.3, 0.4) is 0 Å². The third kappa shape index (κ3) is 2.81. The van der Waals surface area contributed by atoms with Crippen LogP contribution in [0.2, 0.25) is 0 Å². The van der Waals surface area contributed by atoms with Gasteiger partial charge < -0.3 is 5.41 Å². The highest BCUT2D eigenvalue weighted by Gasteiger charge is 2.05. The molecule has 1 N–H and O–H groups in total. The zero-order chi connectivity index (χ0) is 7.98. The van der Waals surface area contributed by atoms with Crippen molar-refractivity contribution in [1.29, 1.82) is 5.41 Å². The molecule has 0 radical (unpaired) electrons. The zero-order valence-corrected chi connectivity index (χ0v) is 7.15. The smallest absolute Gasteiger partial charge is 0.0341 e. The summed E-state index contributed by atoms with van der Waals surface area (Å²) >= 11 is 0. The monoisotopic (exact) mass is 139 g/mol. The first-order chi connectivity index (χ1) is 4.76. The van der Waals surface area contributed by atoms with Crippen LogP contribution in [-0.4, -0.2) is 5.71 Å². The summed E-state index contributed by atoms with van der Waals surface area (Å²) in [5.74, 6) is 0.469. The molecule has 0 saturated heterocycles. The Morgan fingerprint density at radius 1 is 1.40 bits per heavy atom. The van der Waals surface area contributed by atoms with Crippen LogP contribution in [0, 0.1) is 11.3 Å². The number of hydrogen-bond donors (Lipinski definition) is 1. The maximum Gasteiger partial charge on any atom is 0.0341 e. The minimum absolute atomic E-state index is 0.469. The van der Waals surface area contributed by atoms with Crippen LogP contribution in [0.15, 0.2) is 12.2 Å². The van der Waals surface area contributed by atoms with E-state index in [1.165, 1.54) is 0 Å². The highest BCUT2D eigenvalue weighted by Crippen LogP contribution is 2.09. The van der Waals surface area contributed by atoms with Crippen molar-refractivity contribution >= 4 is 5.71 Å². The van der Waals surface area contributed by atoms with E-state index in [0.717, 1.165) is 18.6 Å². The van der Waals surface area contributed by atoms with Gasteiger partial charge in [0, 0.05) is 5.71 Å². The molecule has 0 atom stereocenters. The van der Waals surface area contributed by atoms with Crippen LogP contribution in [0.25, 0.3) is 0 Å². The molecule has 0 saturated carbocycles. The SMILES string of the molecule is C/C=C\C(=N)C(CC)CC. The summed E-state index contributed by atoms with van der Waals surface area (Å²) in [5, 5.41) is 7.56. The van der Waals surface area contributed by atoms with Gasteiger partial charge in [-0.2, -0.15) is 0 Å². The Hall–Kier alpha value is -0.590. The summed E-state index contributed by atoms with van der Waals surface area (Å²) in [7, 11) is 0. The summed E-state index contributed by atoms with van der Waals surface area (Å²) in [5.41, 5.74) is 0.771. The van der Waals surface area contributed by atoms with Crippen LogP contribution < -0.4 is 0 Å². The molecule has 0 unspecified atom stereocenters. The van der Waals surface area contributed by atoms with Gasteiger partial charge in [-0.1, -0.05) is 19.9 Å². The molecule has 0 spiro atoms. The fraction of sp³-hybridized carbons (Fsp3) is 0.667. The molecule has 0 aliphatic heterocycles. The van der Waals surface area contributed by atoms with Crippen molar-refractivity contribution in [2.75, 3.05) is 0 Å². The van der Waals surface area contributed by atoms with Gasteiger partial charge in [0.15, 0.2) is 0 Å². The molecule has 10 heavy (non-hydrogen) atoms. The van der Waals surface area contributed by atoms with Gasteiger partial charge in [0.1, 0.15) is 0 Å². The Labute approximate surface area is 63.7 Å². The maximum atomic E-state index is 7.56. The molecule has 0 rings (SSSR count). The van der Waals surface area contributed by atoms with E-state index in [1.54, 1.807) is 0 Å². The summed E-state index contributed by atoms with van der Waals surface area (Å²) in [4.78, 5) is 0. The van der Waals surface area contributed by atoms with Gasteiger partial charge in [-0.05, 0) is 31.8 Å². The molecule has 0 aromatic carbocycles. The van der Waals surface area contributed by atoms with Gasteiger partial charge in [0.2, 0.25) is 0 Å². The quantitative estimate of drug-likeness (QED) is 0.579. The lowest BCUT2D eigenvalue weighted by molar-refractivity contribution is 0.642. The van der Waals surface area contributed by atoms with Crippen LogP contribution in [0.4, 0.5) is 0 Å². The lowest BCUT2D eigenvalue weighted by atomic mass is 9.97. The van der Waals surface area contributed by atoms with Crippen molar-refractivity contribution in [2.24, 2.45) is 5.92 Å². The van der Waals surface area contributed by atoms with Crippen LogP contribution in [0.5, 0.6) is 0 Å². The van der Waals surface area contributed by atoms with Crippen molar-refractivity contribution in [1.82, 2.24) is 0 Å². The molecule has 0 heterocycles. The Bertz CT molecular complexity index is 121. The number of nitrogens with one attached hydrogen (secondary N) is 1. The van der Waals surface area contributed by atoms with Crippen molar-refractivity contribution in [3.63, 3.8) is 0 Å². The largest absolute Gasteiger partial charge is 0.305 e. The highest BCUT2D eigenvalue weighted by atomic mass is 14.4. The van der Waals surface area contributed by atoms with Gasteiger partial charge in [0.05, 0.1) is 0 Å². The molecule has 0 aliphatic carbocycles. The van der Waals surface area contributed by atoms with Gasteiger partial charge in [-0.3, -0.25) is 0 Å². The molecular formula is C9H17N. The second kappa shape index (κ2) is 5.21. The van der Waals surface area contributed by atoms with Crippen molar-refractivity contribution < 1.29 is 0 Å². The minimum Gasteiger partial charge on any atom is -0.305 e. The van der Waals surface area contributed by atoms with Crippen molar-refractivity contribution in [3.8, 4) is 0 Å². The van der Waals surface area contributed by atoms with E-state index in [9.17, 15) is 0 Å². The molecule has 0 aromatic heterocycles. The predicted molar refractivity (Wildman–Crippen MR) is 46.6 cm³/mol. The molecule has 0 fully saturated rings. The first-order valence-corrected chi connectivity index (χ1v) is 3.97. The fourth-order valence-electron chi connectivity index (χ4n) is 1.04. The predicted octanol–water partition coefficient (Wildman–Crippen LogP) is 3.02. The first-order valence-electron chi connectivity index (χ1n) is 3.97. The summed E-state index contributed by atoms with van der Waals surface area (Å²) < 4.78 is 0. The molecule has 0 aromatic rings. The van der Waals surface area contributed by atoms with E-state index in [-0.39, 0.29) is 0 Å². The Morgan fingerprint density at radius 2 is 1.90 bits per heavy atom. The first kappa shape index (κ1) is 9.41. The minimum atomic E-state index is 0.469. The van der Waals surface area contributed by atoms with Gasteiger partial charge >= 0.3 is 0 Å². The van der Waals surface area contributed by atoms with Gasteiger partial charge in [-0.25, -0.2) is 0 Å². The number of allylic oxidation sites excluding steroid dienone is 2. The molecule has 0 bridgehead atoms. The molecule has 1 nitrogen and oxygen atoms in total. The zero-order valence-electron chi connectivity index (χ0n) is 7.15. The molecule has 0 aliphatic rings. The van der Waals surface area contributed by atoms with Crippen LogP contribution in [-0.2, 0) is 0 Å². The lowest BCUT2D eigenvalue weighted by Gasteiger charge is -2.09. The standard InChI is InChI=1S/C9H17N/c1-4-7-9(10)8(5-2)6-3/h4,7-8,10H,5-6H2,1-3H3/b7-4-,10-9?. The van der Waals surface area contributed by atoms with Crippen molar-refractivity contribution in [2.45, 2.75) is 33.6 Å². The summed E-state index contributed by atoms with van der Waals surface area (Å²) in [6.07, 6.45) is 5.98. The normalized spacial score (nSPS) is 11.2. The van der Waals surface area contributed by atoms with E-state index in [1.807, 2.05) is 19.1 Å².